The number of benzene rings is 1. The molecule has 0 bridgehead atoms. The SMILES string of the molecule is COC(=O)[C@H](Cc1ccc(OCCNC(=O)OC(C)(C)C)cc1)NC(=O)[C@@H](C)C(C)(C)C. The van der Waals surface area contributed by atoms with E-state index in [9.17, 15) is 14.4 Å². The Balaban J connectivity index is 2.61. The Morgan fingerprint density at radius 3 is 2.09 bits per heavy atom. The van der Waals surface area contributed by atoms with Crippen LogP contribution in [0.2, 0.25) is 0 Å². The van der Waals surface area contributed by atoms with Crippen LogP contribution in [-0.4, -0.2) is 49.9 Å². The Morgan fingerprint density at radius 2 is 1.59 bits per heavy atom. The van der Waals surface area contributed by atoms with Crippen LogP contribution in [0.15, 0.2) is 24.3 Å². The molecule has 0 aromatic heterocycles. The zero-order valence-corrected chi connectivity index (χ0v) is 20.5. The molecule has 0 fully saturated rings. The molecule has 0 aliphatic carbocycles. The number of rotatable bonds is 9. The highest BCUT2D eigenvalue weighted by atomic mass is 16.6. The highest BCUT2D eigenvalue weighted by Gasteiger charge is 2.30. The van der Waals surface area contributed by atoms with Crippen LogP contribution in [-0.2, 0) is 25.5 Å². The van der Waals surface area contributed by atoms with Gasteiger partial charge in [0, 0.05) is 12.3 Å². The molecule has 2 atom stereocenters. The van der Waals surface area contributed by atoms with Gasteiger partial charge in [-0.05, 0) is 43.9 Å². The number of alkyl carbamates (subject to hydrolysis) is 1. The van der Waals surface area contributed by atoms with E-state index in [0.717, 1.165) is 5.56 Å². The van der Waals surface area contributed by atoms with E-state index >= 15 is 0 Å². The minimum Gasteiger partial charge on any atom is -0.492 e. The lowest BCUT2D eigenvalue weighted by atomic mass is 9.81. The molecule has 180 valence electrons. The first kappa shape index (κ1) is 27.3. The molecule has 0 spiro atoms. The van der Waals surface area contributed by atoms with E-state index in [1.165, 1.54) is 7.11 Å². The van der Waals surface area contributed by atoms with Crippen molar-refractivity contribution >= 4 is 18.0 Å². The zero-order chi connectivity index (χ0) is 24.5. The van der Waals surface area contributed by atoms with Gasteiger partial charge in [0.2, 0.25) is 5.91 Å². The van der Waals surface area contributed by atoms with E-state index in [4.69, 9.17) is 14.2 Å². The quantitative estimate of drug-likeness (QED) is 0.441. The lowest BCUT2D eigenvalue weighted by Crippen LogP contribution is -2.47. The van der Waals surface area contributed by atoms with Crippen LogP contribution >= 0.6 is 0 Å². The summed E-state index contributed by atoms with van der Waals surface area (Å²) in [6, 6.07) is 6.42. The standard InChI is InChI=1S/C24H38N2O6/c1-16(23(2,3)4)20(27)26-19(21(28)30-8)15-17-9-11-18(12-10-17)31-14-13-25-22(29)32-24(5,6)7/h9-12,16,19H,13-15H2,1-8H3,(H,25,29)(H,26,27)/t16-,19+/m1/s1. The minimum absolute atomic E-state index is 0.189. The Kier molecular flexibility index (Phi) is 10.0. The summed E-state index contributed by atoms with van der Waals surface area (Å²) in [4.78, 5) is 36.4. The Morgan fingerprint density at radius 1 is 1.00 bits per heavy atom. The van der Waals surface area contributed by atoms with Crippen LogP contribution in [0, 0.1) is 11.3 Å². The lowest BCUT2D eigenvalue weighted by Gasteiger charge is -2.28. The molecule has 0 radical (unpaired) electrons. The molecule has 0 saturated carbocycles. The number of methoxy groups -OCH3 is 1. The van der Waals surface area contributed by atoms with Gasteiger partial charge >= 0.3 is 12.1 Å². The molecule has 2 N–H and O–H groups in total. The molecule has 0 heterocycles. The number of amides is 2. The largest absolute Gasteiger partial charge is 0.492 e. The van der Waals surface area contributed by atoms with Gasteiger partial charge in [-0.2, -0.15) is 0 Å². The maximum Gasteiger partial charge on any atom is 0.407 e. The first-order valence-corrected chi connectivity index (χ1v) is 10.8. The highest BCUT2D eigenvalue weighted by molar-refractivity contribution is 5.86. The van der Waals surface area contributed by atoms with Crippen molar-refractivity contribution in [3.8, 4) is 5.75 Å². The third kappa shape index (κ3) is 10.0. The van der Waals surface area contributed by atoms with Gasteiger partial charge < -0.3 is 24.8 Å². The molecule has 1 aromatic rings. The fourth-order valence-electron chi connectivity index (χ4n) is 2.62. The highest BCUT2D eigenvalue weighted by Crippen LogP contribution is 2.25. The molecular weight excluding hydrogens is 412 g/mol. The number of carbonyl (C=O) groups is 3. The van der Waals surface area contributed by atoms with Crippen LogP contribution in [0.1, 0.15) is 54.0 Å². The second-order valence-electron chi connectivity index (χ2n) is 9.80. The van der Waals surface area contributed by atoms with Crippen LogP contribution in [0.4, 0.5) is 4.79 Å². The molecule has 1 aromatic carbocycles. The summed E-state index contributed by atoms with van der Waals surface area (Å²) in [6.07, 6.45) is -0.191. The third-order valence-electron chi connectivity index (χ3n) is 4.90. The van der Waals surface area contributed by atoms with Crippen molar-refractivity contribution in [2.45, 2.75) is 66.5 Å². The summed E-state index contributed by atoms with van der Waals surface area (Å²) < 4.78 is 15.6. The number of ether oxygens (including phenoxy) is 3. The third-order valence-corrected chi connectivity index (χ3v) is 4.90. The maximum atomic E-state index is 12.6. The summed E-state index contributed by atoms with van der Waals surface area (Å²) in [5.74, 6) is -0.321. The number of carbonyl (C=O) groups excluding carboxylic acids is 3. The van der Waals surface area contributed by atoms with E-state index in [-0.39, 0.29) is 23.8 Å². The van der Waals surface area contributed by atoms with Crippen molar-refractivity contribution < 1.29 is 28.6 Å². The number of hydrogen-bond donors (Lipinski definition) is 2. The summed E-state index contributed by atoms with van der Waals surface area (Å²) in [5.41, 5.74) is 0.0816. The van der Waals surface area contributed by atoms with Crippen molar-refractivity contribution in [2.75, 3.05) is 20.3 Å². The fraction of sp³-hybridized carbons (Fsp3) is 0.625. The van der Waals surface area contributed by atoms with Crippen molar-refractivity contribution in [2.24, 2.45) is 11.3 Å². The van der Waals surface area contributed by atoms with Gasteiger partial charge in [0.15, 0.2) is 0 Å². The average molecular weight is 451 g/mol. The van der Waals surface area contributed by atoms with Crippen LogP contribution in [0.5, 0.6) is 5.75 Å². The molecule has 1 rings (SSSR count). The number of nitrogens with one attached hydrogen (secondary N) is 2. The number of esters is 1. The van der Waals surface area contributed by atoms with Crippen molar-refractivity contribution in [1.29, 1.82) is 0 Å². The van der Waals surface area contributed by atoms with Crippen molar-refractivity contribution in [1.82, 2.24) is 10.6 Å². The Bertz CT molecular complexity index is 762. The first-order valence-electron chi connectivity index (χ1n) is 10.8. The normalized spacial score (nSPS) is 13.5. The van der Waals surface area contributed by atoms with Gasteiger partial charge in [-0.3, -0.25) is 4.79 Å². The molecule has 0 aliphatic rings. The second kappa shape index (κ2) is 11.7. The summed E-state index contributed by atoms with van der Waals surface area (Å²) >= 11 is 0. The second-order valence-corrected chi connectivity index (χ2v) is 9.80. The van der Waals surface area contributed by atoms with E-state index in [2.05, 4.69) is 10.6 Å². The molecule has 2 amide bonds. The van der Waals surface area contributed by atoms with Crippen molar-refractivity contribution in [3.05, 3.63) is 29.8 Å². The van der Waals surface area contributed by atoms with Gasteiger partial charge in [0.1, 0.15) is 24.0 Å². The van der Waals surface area contributed by atoms with Crippen molar-refractivity contribution in [3.63, 3.8) is 0 Å². The fourth-order valence-corrected chi connectivity index (χ4v) is 2.62. The van der Waals surface area contributed by atoms with Gasteiger partial charge in [-0.25, -0.2) is 9.59 Å². The maximum absolute atomic E-state index is 12.6. The van der Waals surface area contributed by atoms with Crippen LogP contribution in [0.25, 0.3) is 0 Å². The topological polar surface area (TPSA) is 103 Å². The summed E-state index contributed by atoms with van der Waals surface area (Å²) in [5, 5.41) is 5.43. The first-order chi connectivity index (χ1) is 14.7. The molecule has 0 aliphatic heterocycles. The zero-order valence-electron chi connectivity index (χ0n) is 20.5. The van der Waals surface area contributed by atoms with Gasteiger partial charge in [0.25, 0.3) is 0 Å². The van der Waals surface area contributed by atoms with Crippen LogP contribution < -0.4 is 15.4 Å². The molecule has 0 unspecified atom stereocenters. The average Bonchev–Trinajstić information content (AvgIpc) is 2.68. The van der Waals surface area contributed by atoms with Gasteiger partial charge in [-0.15, -0.1) is 0 Å². The molecular formula is C24H38N2O6. The Hall–Kier alpha value is -2.77. The molecule has 8 heteroatoms. The lowest BCUT2D eigenvalue weighted by molar-refractivity contribution is -0.146. The number of hydrogen-bond acceptors (Lipinski definition) is 6. The van der Waals surface area contributed by atoms with E-state index in [1.807, 2.05) is 39.8 Å². The smallest absolute Gasteiger partial charge is 0.407 e. The van der Waals surface area contributed by atoms with Crippen LogP contribution in [0.3, 0.4) is 0 Å². The van der Waals surface area contributed by atoms with E-state index < -0.39 is 23.7 Å². The minimum atomic E-state index is -0.776. The van der Waals surface area contributed by atoms with Gasteiger partial charge in [-0.1, -0.05) is 39.8 Å². The van der Waals surface area contributed by atoms with E-state index in [0.29, 0.717) is 18.7 Å². The molecule has 8 nitrogen and oxygen atoms in total. The predicted octanol–water partition coefficient (Wildman–Crippen LogP) is 3.47. The molecule has 32 heavy (non-hydrogen) atoms. The Labute approximate surface area is 191 Å². The summed E-state index contributed by atoms with van der Waals surface area (Å²) in [7, 11) is 1.30. The van der Waals surface area contributed by atoms with E-state index in [1.54, 1.807) is 32.9 Å². The predicted molar refractivity (Wildman–Crippen MR) is 122 cm³/mol. The summed E-state index contributed by atoms with van der Waals surface area (Å²) in [6.45, 7) is 13.8. The van der Waals surface area contributed by atoms with Gasteiger partial charge in [0.05, 0.1) is 13.7 Å². The molecule has 0 saturated heterocycles. The monoisotopic (exact) mass is 450 g/mol.